The minimum Gasteiger partial charge on any atom is -0.295 e. The Morgan fingerprint density at radius 2 is 1.95 bits per heavy atom. The lowest BCUT2D eigenvalue weighted by Gasteiger charge is -2.25. The van der Waals surface area contributed by atoms with E-state index in [9.17, 15) is 8.78 Å². The molecular weight excluding hydrogens is 246 g/mol. The fourth-order valence-corrected chi connectivity index (χ4v) is 3.57. The molecule has 0 heterocycles. The van der Waals surface area contributed by atoms with Gasteiger partial charge >= 0.3 is 0 Å². The summed E-state index contributed by atoms with van der Waals surface area (Å²) >= 11 is 0. The van der Waals surface area contributed by atoms with Crippen molar-refractivity contribution >= 4 is 12.4 Å². The summed E-state index contributed by atoms with van der Waals surface area (Å²) in [7, 11) is 0. The zero-order valence-electron chi connectivity index (χ0n) is 11.6. The highest BCUT2D eigenvalue weighted by Gasteiger charge is 2.52. The highest BCUT2D eigenvalue weighted by atomic mass is 19.3. The first kappa shape index (κ1) is 14.4. The first-order valence-electron chi connectivity index (χ1n) is 6.83. The molecule has 2 aliphatic carbocycles. The molecule has 0 unspecified atom stereocenters. The van der Waals surface area contributed by atoms with E-state index in [2.05, 4.69) is 29.4 Å². The van der Waals surface area contributed by atoms with E-state index in [0.717, 1.165) is 39.0 Å². The van der Waals surface area contributed by atoms with Gasteiger partial charge in [0.1, 0.15) is 5.71 Å². The maximum atomic E-state index is 13.4. The van der Waals surface area contributed by atoms with E-state index in [1.165, 1.54) is 0 Å². The van der Waals surface area contributed by atoms with E-state index in [1.807, 2.05) is 0 Å². The van der Waals surface area contributed by atoms with Gasteiger partial charge in [0.15, 0.2) is 0 Å². The van der Waals surface area contributed by atoms with Gasteiger partial charge in [-0.05, 0) is 49.7 Å². The quantitative estimate of drug-likeness (QED) is 0.515. The van der Waals surface area contributed by atoms with Crippen LogP contribution in [0.2, 0.25) is 0 Å². The predicted molar refractivity (Wildman–Crippen MR) is 75.5 cm³/mol. The van der Waals surface area contributed by atoms with Crippen LogP contribution in [0.25, 0.3) is 0 Å². The van der Waals surface area contributed by atoms with Crippen molar-refractivity contribution in [2.75, 3.05) is 13.1 Å². The molecule has 19 heavy (non-hydrogen) atoms. The zero-order chi connectivity index (χ0) is 14.1. The fraction of sp³-hybridized carbons (Fsp3) is 0.733. The van der Waals surface area contributed by atoms with Gasteiger partial charge in [0, 0.05) is 13.5 Å². The first-order chi connectivity index (χ1) is 8.85. The van der Waals surface area contributed by atoms with Gasteiger partial charge in [0.25, 0.3) is 5.92 Å². The highest BCUT2D eigenvalue weighted by Crippen LogP contribution is 2.62. The number of rotatable bonds is 6. The van der Waals surface area contributed by atoms with Gasteiger partial charge in [-0.2, -0.15) is 0 Å². The molecule has 2 saturated carbocycles. The largest absolute Gasteiger partial charge is 0.295 e. The normalized spacial score (nSPS) is 34.6. The van der Waals surface area contributed by atoms with E-state index in [-0.39, 0.29) is 23.1 Å². The third-order valence-corrected chi connectivity index (χ3v) is 4.84. The number of hydrogen-bond donors (Lipinski definition) is 0. The van der Waals surface area contributed by atoms with Crippen LogP contribution in [0.1, 0.15) is 39.0 Å². The lowest BCUT2D eigenvalue weighted by atomic mass is 9.82. The second kappa shape index (κ2) is 4.80. The van der Waals surface area contributed by atoms with Crippen molar-refractivity contribution in [3.63, 3.8) is 0 Å². The molecule has 106 valence electrons. The maximum Gasteiger partial charge on any atom is 0.284 e. The molecule has 0 aliphatic heterocycles. The molecule has 2 aliphatic rings. The number of halogens is 2. The lowest BCUT2D eigenvalue weighted by Crippen LogP contribution is -2.29. The van der Waals surface area contributed by atoms with Gasteiger partial charge in [0.2, 0.25) is 0 Å². The second-order valence-electron chi connectivity index (χ2n) is 6.28. The Morgan fingerprint density at radius 1 is 1.32 bits per heavy atom. The van der Waals surface area contributed by atoms with Gasteiger partial charge in [-0.1, -0.05) is 6.08 Å². The van der Waals surface area contributed by atoms with Gasteiger partial charge < -0.3 is 0 Å². The van der Waals surface area contributed by atoms with Gasteiger partial charge in [-0.3, -0.25) is 9.98 Å². The molecule has 2 nitrogen and oxygen atoms in total. The minimum atomic E-state index is -2.90. The molecule has 0 radical (unpaired) electrons. The Balaban J connectivity index is 2.09. The molecule has 0 N–H and O–H groups in total. The van der Waals surface area contributed by atoms with Crippen LogP contribution in [-0.4, -0.2) is 31.4 Å². The monoisotopic (exact) mass is 268 g/mol. The van der Waals surface area contributed by atoms with E-state index in [0.29, 0.717) is 6.54 Å². The lowest BCUT2D eigenvalue weighted by molar-refractivity contribution is 0.0984. The van der Waals surface area contributed by atoms with Gasteiger partial charge in [-0.25, -0.2) is 8.78 Å². The van der Waals surface area contributed by atoms with E-state index < -0.39 is 5.92 Å². The van der Waals surface area contributed by atoms with Crippen LogP contribution in [0.3, 0.4) is 0 Å². The average Bonchev–Trinajstić information content (AvgIpc) is 2.90. The summed E-state index contributed by atoms with van der Waals surface area (Å²) < 4.78 is 26.8. The second-order valence-corrected chi connectivity index (χ2v) is 6.28. The summed E-state index contributed by atoms with van der Waals surface area (Å²) in [5.74, 6) is -2.90. The molecule has 0 amide bonds. The van der Waals surface area contributed by atoms with Crippen LogP contribution in [0.5, 0.6) is 0 Å². The SMILES string of the molecule is C=CC12CCC(C/N=C(\CN=C)C(C)(F)F)(CC1)C2. The van der Waals surface area contributed by atoms with E-state index in [1.54, 1.807) is 0 Å². The van der Waals surface area contributed by atoms with Crippen molar-refractivity contribution in [3.05, 3.63) is 12.7 Å². The minimum absolute atomic E-state index is 0.0772. The van der Waals surface area contributed by atoms with Crippen LogP contribution in [0.15, 0.2) is 22.6 Å². The Labute approximate surface area is 113 Å². The summed E-state index contributed by atoms with van der Waals surface area (Å²) in [6, 6.07) is 0. The fourth-order valence-electron chi connectivity index (χ4n) is 3.57. The molecule has 0 saturated heterocycles. The number of alkyl halides is 2. The molecular formula is C15H22F2N2. The number of aliphatic imine (C=N–C) groups is 2. The van der Waals surface area contributed by atoms with E-state index >= 15 is 0 Å². The molecule has 2 rings (SSSR count). The highest BCUT2D eigenvalue weighted by molar-refractivity contribution is 5.92. The van der Waals surface area contributed by atoms with Crippen LogP contribution in [-0.2, 0) is 0 Å². The smallest absolute Gasteiger partial charge is 0.284 e. The Hall–Kier alpha value is -1.06. The predicted octanol–water partition coefficient (Wildman–Crippen LogP) is 3.92. The average molecular weight is 268 g/mol. The summed E-state index contributed by atoms with van der Waals surface area (Å²) in [6.45, 7) is 8.52. The third kappa shape index (κ3) is 2.77. The van der Waals surface area contributed by atoms with Crippen LogP contribution >= 0.6 is 0 Å². The molecule has 0 aromatic carbocycles. The molecule has 0 spiro atoms. The number of allylic oxidation sites excluding steroid dienone is 1. The Kier molecular flexibility index (Phi) is 3.63. The molecule has 0 aromatic rings. The standard InChI is InChI=1S/C15H22F2N2/c1-4-14-5-7-15(10-14,8-6-14)11-19-12(9-18-3)13(2,16)17/h4H,1,3,5-11H2,2H3/b19-12+. The zero-order valence-corrected chi connectivity index (χ0v) is 11.6. The van der Waals surface area contributed by atoms with Crippen LogP contribution < -0.4 is 0 Å². The third-order valence-electron chi connectivity index (χ3n) is 4.84. The van der Waals surface area contributed by atoms with Gasteiger partial charge in [-0.15, -0.1) is 6.58 Å². The maximum absolute atomic E-state index is 13.4. The Morgan fingerprint density at radius 3 is 2.37 bits per heavy atom. The molecule has 4 heteroatoms. The number of nitrogens with zero attached hydrogens (tertiary/aromatic N) is 2. The first-order valence-corrected chi connectivity index (χ1v) is 6.83. The summed E-state index contributed by atoms with van der Waals surface area (Å²) in [4.78, 5) is 7.76. The number of fused-ring (bicyclic) bond motifs is 2. The molecule has 0 atom stereocenters. The van der Waals surface area contributed by atoms with Crippen molar-refractivity contribution in [1.29, 1.82) is 0 Å². The van der Waals surface area contributed by atoms with Gasteiger partial charge in [0.05, 0.1) is 6.54 Å². The summed E-state index contributed by atoms with van der Waals surface area (Å²) in [5.41, 5.74) is 0.229. The van der Waals surface area contributed by atoms with Crippen molar-refractivity contribution in [2.45, 2.75) is 45.0 Å². The molecule has 2 fully saturated rings. The molecule has 0 aromatic heterocycles. The molecule has 2 bridgehead atoms. The summed E-state index contributed by atoms with van der Waals surface area (Å²) in [6.07, 6.45) is 7.52. The summed E-state index contributed by atoms with van der Waals surface area (Å²) in [5, 5.41) is 0. The van der Waals surface area contributed by atoms with Crippen LogP contribution in [0, 0.1) is 10.8 Å². The Bertz CT molecular complexity index is 399. The van der Waals surface area contributed by atoms with Crippen molar-refractivity contribution in [2.24, 2.45) is 20.8 Å². The number of hydrogen-bond acceptors (Lipinski definition) is 2. The van der Waals surface area contributed by atoms with E-state index in [4.69, 9.17) is 0 Å². The van der Waals surface area contributed by atoms with Crippen molar-refractivity contribution in [3.8, 4) is 0 Å². The van der Waals surface area contributed by atoms with Crippen molar-refractivity contribution in [1.82, 2.24) is 0 Å². The topological polar surface area (TPSA) is 24.7 Å². The van der Waals surface area contributed by atoms with Crippen LogP contribution in [0.4, 0.5) is 8.78 Å². The van der Waals surface area contributed by atoms with Crippen molar-refractivity contribution < 1.29 is 8.78 Å².